The van der Waals surface area contributed by atoms with Gasteiger partial charge in [-0.15, -0.1) is 0 Å². The summed E-state index contributed by atoms with van der Waals surface area (Å²) in [6.07, 6.45) is 4.33. The number of para-hydroxylation sites is 2. The maximum atomic E-state index is 12.0. The first-order chi connectivity index (χ1) is 11.1. The highest BCUT2D eigenvalue weighted by atomic mass is 16.5. The van der Waals surface area contributed by atoms with Crippen LogP contribution in [0.15, 0.2) is 24.3 Å². The monoisotopic (exact) mass is 315 g/mol. The van der Waals surface area contributed by atoms with Gasteiger partial charge in [-0.1, -0.05) is 25.0 Å². The number of carbonyl (C=O) groups is 2. The smallest absolute Gasteiger partial charge is 0.326 e. The van der Waals surface area contributed by atoms with Gasteiger partial charge in [0.2, 0.25) is 0 Å². The second-order valence-electron chi connectivity index (χ2n) is 5.94. The van der Waals surface area contributed by atoms with Crippen LogP contribution in [-0.2, 0) is 20.9 Å². The van der Waals surface area contributed by atoms with Gasteiger partial charge in [-0.3, -0.25) is 9.59 Å². The number of aromatic nitrogens is 2. The standard InChI is InChI=1S/C17H21N3O3/c1-12-18-14-8-4-5-9-15(14)20(12)10-17(22)23-11-16(21)19-13-6-2-3-7-13/h4-5,8-9,13H,2-3,6-7,10-11H2,1H3,(H,19,21). The van der Waals surface area contributed by atoms with Crippen molar-refractivity contribution < 1.29 is 14.3 Å². The lowest BCUT2D eigenvalue weighted by molar-refractivity contribution is -0.149. The second kappa shape index (κ2) is 6.81. The number of fused-ring (bicyclic) bond motifs is 1. The molecule has 3 rings (SSSR count). The van der Waals surface area contributed by atoms with Crippen LogP contribution in [0.25, 0.3) is 11.0 Å². The zero-order chi connectivity index (χ0) is 16.2. The molecule has 0 unspecified atom stereocenters. The minimum absolute atomic E-state index is 0.0586. The van der Waals surface area contributed by atoms with Crippen molar-refractivity contribution in [2.45, 2.75) is 45.2 Å². The Morgan fingerprint density at radius 3 is 2.83 bits per heavy atom. The first kappa shape index (κ1) is 15.5. The lowest BCUT2D eigenvalue weighted by atomic mass is 10.2. The number of carbonyl (C=O) groups excluding carboxylic acids is 2. The van der Waals surface area contributed by atoms with Gasteiger partial charge in [-0.05, 0) is 31.9 Å². The highest BCUT2D eigenvalue weighted by molar-refractivity contribution is 5.82. The van der Waals surface area contributed by atoms with E-state index in [1.54, 1.807) is 4.57 Å². The number of hydrogen-bond donors (Lipinski definition) is 1. The van der Waals surface area contributed by atoms with Crippen molar-refractivity contribution in [3.8, 4) is 0 Å². The summed E-state index contributed by atoms with van der Waals surface area (Å²) in [6, 6.07) is 7.86. The van der Waals surface area contributed by atoms with Crippen molar-refractivity contribution in [3.05, 3.63) is 30.1 Å². The topological polar surface area (TPSA) is 73.2 Å². The summed E-state index contributed by atoms with van der Waals surface area (Å²) >= 11 is 0. The molecule has 1 N–H and O–H groups in total. The first-order valence-electron chi connectivity index (χ1n) is 8.00. The lowest BCUT2D eigenvalue weighted by Crippen LogP contribution is -2.36. The zero-order valence-corrected chi connectivity index (χ0v) is 13.2. The highest BCUT2D eigenvalue weighted by Gasteiger charge is 2.18. The molecule has 122 valence electrons. The number of nitrogens with one attached hydrogen (secondary N) is 1. The van der Waals surface area contributed by atoms with Gasteiger partial charge in [0.05, 0.1) is 11.0 Å². The molecule has 0 bridgehead atoms. The molecule has 1 aromatic carbocycles. The summed E-state index contributed by atoms with van der Waals surface area (Å²) in [7, 11) is 0. The molecule has 0 atom stereocenters. The fourth-order valence-electron chi connectivity index (χ4n) is 3.06. The van der Waals surface area contributed by atoms with Crippen molar-refractivity contribution in [2.75, 3.05) is 6.61 Å². The van der Waals surface area contributed by atoms with E-state index in [0.717, 1.165) is 42.5 Å². The molecular formula is C17H21N3O3. The molecule has 0 spiro atoms. The maximum Gasteiger partial charge on any atom is 0.326 e. The van der Waals surface area contributed by atoms with Gasteiger partial charge in [0.1, 0.15) is 12.4 Å². The molecule has 1 aromatic heterocycles. The molecule has 1 aliphatic carbocycles. The summed E-state index contributed by atoms with van der Waals surface area (Å²) in [4.78, 5) is 28.2. The Kier molecular flexibility index (Phi) is 4.60. The van der Waals surface area contributed by atoms with Crippen LogP contribution in [0.3, 0.4) is 0 Å². The van der Waals surface area contributed by atoms with Gasteiger partial charge in [0, 0.05) is 6.04 Å². The minimum Gasteiger partial charge on any atom is -0.454 e. The third kappa shape index (κ3) is 3.70. The summed E-state index contributed by atoms with van der Waals surface area (Å²) in [5, 5.41) is 2.90. The van der Waals surface area contributed by atoms with Crippen LogP contribution in [0.2, 0.25) is 0 Å². The first-order valence-corrected chi connectivity index (χ1v) is 8.00. The SMILES string of the molecule is Cc1nc2ccccc2n1CC(=O)OCC(=O)NC1CCCC1. The summed E-state index contributed by atoms with van der Waals surface area (Å²) in [5.41, 5.74) is 1.73. The van der Waals surface area contributed by atoms with E-state index in [2.05, 4.69) is 10.3 Å². The fourth-order valence-corrected chi connectivity index (χ4v) is 3.06. The van der Waals surface area contributed by atoms with Crippen molar-refractivity contribution in [2.24, 2.45) is 0 Å². The van der Waals surface area contributed by atoms with Gasteiger partial charge >= 0.3 is 5.97 Å². The number of ether oxygens (including phenoxy) is 1. The van der Waals surface area contributed by atoms with Gasteiger partial charge in [0.25, 0.3) is 5.91 Å². The number of imidazole rings is 1. The zero-order valence-electron chi connectivity index (χ0n) is 13.2. The minimum atomic E-state index is -0.433. The van der Waals surface area contributed by atoms with Crippen LogP contribution in [0.4, 0.5) is 0 Å². The van der Waals surface area contributed by atoms with Crippen LogP contribution < -0.4 is 5.32 Å². The number of aryl methyl sites for hydroxylation is 1. The third-order valence-corrected chi connectivity index (χ3v) is 4.22. The Morgan fingerprint density at radius 1 is 1.30 bits per heavy atom. The summed E-state index contributed by atoms with van der Waals surface area (Å²) in [6.45, 7) is 1.68. The average molecular weight is 315 g/mol. The molecule has 1 fully saturated rings. The molecule has 0 radical (unpaired) electrons. The van der Waals surface area contributed by atoms with Crippen LogP contribution >= 0.6 is 0 Å². The van der Waals surface area contributed by atoms with Crippen molar-refractivity contribution in [1.29, 1.82) is 0 Å². The van der Waals surface area contributed by atoms with E-state index in [0.29, 0.717) is 0 Å². The van der Waals surface area contributed by atoms with Gasteiger partial charge in [-0.2, -0.15) is 0 Å². The number of benzene rings is 1. The van der Waals surface area contributed by atoms with Crippen LogP contribution in [0.5, 0.6) is 0 Å². The molecule has 6 heteroatoms. The van der Waals surface area contributed by atoms with Crippen molar-refractivity contribution in [3.63, 3.8) is 0 Å². The molecule has 23 heavy (non-hydrogen) atoms. The van der Waals surface area contributed by atoms with E-state index in [1.165, 1.54) is 0 Å². The van der Waals surface area contributed by atoms with Gasteiger partial charge in [-0.25, -0.2) is 4.98 Å². The number of nitrogens with zero attached hydrogens (tertiary/aromatic N) is 2. The Hall–Kier alpha value is -2.37. The van der Waals surface area contributed by atoms with E-state index in [-0.39, 0.29) is 25.1 Å². The molecule has 2 aromatic rings. The number of amides is 1. The highest BCUT2D eigenvalue weighted by Crippen LogP contribution is 2.17. The maximum absolute atomic E-state index is 12.0. The number of hydrogen-bond acceptors (Lipinski definition) is 4. The average Bonchev–Trinajstić information content (AvgIpc) is 3.14. The third-order valence-electron chi connectivity index (χ3n) is 4.22. The molecule has 1 amide bonds. The molecule has 6 nitrogen and oxygen atoms in total. The van der Waals surface area contributed by atoms with E-state index < -0.39 is 5.97 Å². The molecule has 1 aliphatic rings. The van der Waals surface area contributed by atoms with E-state index in [9.17, 15) is 9.59 Å². The molecule has 1 heterocycles. The van der Waals surface area contributed by atoms with Crippen molar-refractivity contribution in [1.82, 2.24) is 14.9 Å². The molecule has 0 aliphatic heterocycles. The second-order valence-corrected chi connectivity index (χ2v) is 5.94. The van der Waals surface area contributed by atoms with E-state index >= 15 is 0 Å². The van der Waals surface area contributed by atoms with E-state index in [4.69, 9.17) is 4.74 Å². The normalized spacial score (nSPS) is 15.0. The van der Waals surface area contributed by atoms with Crippen molar-refractivity contribution >= 4 is 22.9 Å². The predicted molar refractivity (Wildman–Crippen MR) is 85.8 cm³/mol. The van der Waals surface area contributed by atoms with Crippen LogP contribution in [0, 0.1) is 6.92 Å². The molecule has 1 saturated carbocycles. The summed E-state index contributed by atoms with van der Waals surface area (Å²) in [5.74, 6) is 0.0915. The van der Waals surface area contributed by atoms with Gasteiger partial charge < -0.3 is 14.6 Å². The Labute approximate surface area is 134 Å². The summed E-state index contributed by atoms with van der Waals surface area (Å²) < 4.78 is 6.89. The van der Waals surface area contributed by atoms with Crippen LogP contribution in [0.1, 0.15) is 31.5 Å². The van der Waals surface area contributed by atoms with Gasteiger partial charge in [0.15, 0.2) is 6.61 Å². The number of rotatable bonds is 5. The molecule has 0 saturated heterocycles. The van der Waals surface area contributed by atoms with Crippen LogP contribution in [-0.4, -0.2) is 34.1 Å². The molecular weight excluding hydrogens is 294 g/mol. The lowest BCUT2D eigenvalue weighted by Gasteiger charge is -2.12. The quantitative estimate of drug-likeness (QED) is 0.856. The Balaban J connectivity index is 1.54. The Morgan fingerprint density at radius 2 is 2.04 bits per heavy atom. The Bertz CT molecular complexity index is 717. The predicted octanol–water partition coefficient (Wildman–Crippen LogP) is 1.95. The van der Waals surface area contributed by atoms with E-state index in [1.807, 2.05) is 31.2 Å². The largest absolute Gasteiger partial charge is 0.454 e. The number of esters is 1. The fraction of sp³-hybridized carbons (Fsp3) is 0.471.